The van der Waals surface area contributed by atoms with Crippen LogP contribution in [-0.2, 0) is 0 Å². The van der Waals surface area contributed by atoms with Crippen molar-refractivity contribution in [1.29, 1.82) is 0 Å². The van der Waals surface area contributed by atoms with Crippen molar-refractivity contribution in [3.63, 3.8) is 0 Å². The Bertz CT molecular complexity index is 847. The second-order valence-electron chi connectivity index (χ2n) is 5.18. The van der Waals surface area contributed by atoms with Crippen molar-refractivity contribution in [3.05, 3.63) is 71.9 Å². The second kappa shape index (κ2) is 6.57. The molecule has 0 aliphatic carbocycles. The number of aromatic hydroxyl groups is 1. The third-order valence-corrected chi connectivity index (χ3v) is 4.17. The highest BCUT2D eigenvalue weighted by molar-refractivity contribution is 6.46. The van der Waals surface area contributed by atoms with Crippen LogP contribution in [-0.4, -0.2) is 20.7 Å². The van der Waals surface area contributed by atoms with Gasteiger partial charge in [0.25, 0.3) is 0 Å². The molecule has 0 bridgehead atoms. The molecule has 116 valence electrons. The van der Waals surface area contributed by atoms with E-state index in [1.54, 1.807) is 18.2 Å². The molecule has 0 aliphatic heterocycles. The van der Waals surface area contributed by atoms with E-state index in [2.05, 4.69) is 4.98 Å². The lowest BCUT2D eigenvalue weighted by atomic mass is 9.92. The van der Waals surface area contributed by atoms with E-state index in [1.165, 1.54) is 18.3 Å². The zero-order valence-electron chi connectivity index (χ0n) is 12.0. The number of nitrogens with zero attached hydrogens (tertiary/aromatic N) is 1. The van der Waals surface area contributed by atoms with E-state index in [-0.39, 0.29) is 11.5 Å². The molecule has 1 unspecified atom stereocenters. The van der Waals surface area contributed by atoms with Crippen LogP contribution in [0.2, 0.25) is 0 Å². The molecule has 0 aliphatic rings. The van der Waals surface area contributed by atoms with Gasteiger partial charge in [0.05, 0.1) is 11.4 Å². The molecule has 1 aromatic heterocycles. The number of para-hydroxylation sites is 1. The lowest BCUT2D eigenvalue weighted by Gasteiger charge is -2.17. The van der Waals surface area contributed by atoms with Gasteiger partial charge in [0, 0.05) is 17.1 Å². The number of phenolic OH excluding ortho intramolecular Hbond substituents is 1. The number of carbonyl (C=O) groups excluding carboxylic acids is 1. The van der Waals surface area contributed by atoms with Crippen molar-refractivity contribution in [2.45, 2.75) is 10.8 Å². The van der Waals surface area contributed by atoms with Gasteiger partial charge in [-0.1, -0.05) is 30.3 Å². The summed E-state index contributed by atoms with van der Waals surface area (Å²) in [5.41, 5.74) is 1.92. The summed E-state index contributed by atoms with van der Waals surface area (Å²) in [7, 11) is 0. The second-order valence-corrected chi connectivity index (χ2v) is 6.35. The quantitative estimate of drug-likeness (QED) is 0.550. The number of benzene rings is 2. The number of hydrogen-bond acceptors (Lipinski definition) is 3. The van der Waals surface area contributed by atoms with Crippen molar-refractivity contribution >= 4 is 39.9 Å². The van der Waals surface area contributed by atoms with Gasteiger partial charge in [-0.05, 0) is 29.8 Å². The van der Waals surface area contributed by atoms with E-state index >= 15 is 0 Å². The number of fused-ring (bicyclic) bond motifs is 1. The fourth-order valence-electron chi connectivity index (χ4n) is 2.48. The van der Waals surface area contributed by atoms with Crippen LogP contribution in [0.5, 0.6) is 5.75 Å². The Kier molecular flexibility index (Phi) is 4.51. The predicted molar refractivity (Wildman–Crippen MR) is 92.4 cm³/mol. The highest BCUT2D eigenvalue weighted by atomic mass is 35.5. The van der Waals surface area contributed by atoms with Crippen molar-refractivity contribution in [3.8, 4) is 5.75 Å². The molecule has 0 radical (unpaired) electrons. The molecule has 1 atom stereocenters. The predicted octanol–water partition coefficient (Wildman–Crippen LogP) is 4.71. The number of ketones is 1. The maximum absolute atomic E-state index is 12.8. The minimum absolute atomic E-state index is 0.119. The molecule has 0 fully saturated rings. The number of Topliss-reactive ketones (excluding diaryl/α,β-unsaturated/α-hetero) is 1. The number of hydrogen-bond donors (Lipinski definition) is 1. The van der Waals surface area contributed by atoms with Crippen molar-refractivity contribution < 1.29 is 9.90 Å². The van der Waals surface area contributed by atoms with Crippen LogP contribution in [0.1, 0.15) is 21.8 Å². The van der Waals surface area contributed by atoms with Gasteiger partial charge >= 0.3 is 0 Å². The summed E-state index contributed by atoms with van der Waals surface area (Å²) < 4.78 is 0. The topological polar surface area (TPSA) is 50.2 Å². The van der Waals surface area contributed by atoms with Crippen LogP contribution in [0.4, 0.5) is 0 Å². The monoisotopic (exact) mass is 345 g/mol. The fraction of sp³-hybridized carbons (Fsp3) is 0.111. The Labute approximate surface area is 143 Å². The van der Waals surface area contributed by atoms with Gasteiger partial charge in [-0.2, -0.15) is 0 Å². The summed E-state index contributed by atoms with van der Waals surface area (Å²) >= 11 is 12.1. The molecule has 0 spiro atoms. The number of rotatable bonds is 4. The number of phenols is 1. The van der Waals surface area contributed by atoms with Crippen LogP contribution in [0, 0.1) is 0 Å². The van der Waals surface area contributed by atoms with Gasteiger partial charge in [-0.3, -0.25) is 9.78 Å². The van der Waals surface area contributed by atoms with E-state index in [1.807, 2.05) is 24.3 Å². The fourth-order valence-corrected chi connectivity index (χ4v) is 3.00. The third-order valence-electron chi connectivity index (χ3n) is 3.66. The van der Waals surface area contributed by atoms with Crippen molar-refractivity contribution in [2.75, 3.05) is 0 Å². The molecule has 2 aromatic carbocycles. The minimum Gasteiger partial charge on any atom is -0.508 e. The van der Waals surface area contributed by atoms with Gasteiger partial charge in [-0.25, -0.2) is 0 Å². The van der Waals surface area contributed by atoms with Crippen LogP contribution < -0.4 is 0 Å². The number of halogens is 2. The number of aromatic nitrogens is 1. The first kappa shape index (κ1) is 15.8. The van der Waals surface area contributed by atoms with E-state index in [4.69, 9.17) is 23.2 Å². The minimum atomic E-state index is -0.904. The van der Waals surface area contributed by atoms with Gasteiger partial charge in [0.15, 0.2) is 5.78 Å². The van der Waals surface area contributed by atoms with Gasteiger partial charge in [0.2, 0.25) is 0 Å². The smallest absolute Gasteiger partial charge is 0.174 e. The Morgan fingerprint density at radius 1 is 1.04 bits per heavy atom. The zero-order valence-corrected chi connectivity index (χ0v) is 13.5. The molecule has 3 nitrogen and oxygen atoms in total. The van der Waals surface area contributed by atoms with E-state index in [9.17, 15) is 9.90 Å². The normalized spacial score (nSPS) is 12.5. The molecular weight excluding hydrogens is 333 g/mol. The summed E-state index contributed by atoms with van der Waals surface area (Å²) in [5, 5.41) is 10.3. The molecule has 0 saturated heterocycles. The van der Waals surface area contributed by atoms with E-state index in [0.29, 0.717) is 11.1 Å². The Morgan fingerprint density at radius 3 is 2.43 bits per heavy atom. The SMILES string of the molecule is O=C(c1cnc2ccccc2c1)C(c1ccc(O)cc1)C(Cl)Cl. The van der Waals surface area contributed by atoms with Gasteiger partial charge in [-0.15, -0.1) is 23.2 Å². The number of pyridine rings is 1. The Morgan fingerprint density at radius 2 is 1.74 bits per heavy atom. The number of alkyl halides is 2. The Hall–Kier alpha value is -2.10. The summed E-state index contributed by atoms with van der Waals surface area (Å²) in [6.07, 6.45) is 1.54. The largest absolute Gasteiger partial charge is 0.508 e. The lowest BCUT2D eigenvalue weighted by molar-refractivity contribution is 0.0964. The van der Waals surface area contributed by atoms with Crippen LogP contribution in [0.25, 0.3) is 10.9 Å². The lowest BCUT2D eigenvalue weighted by Crippen LogP contribution is -2.19. The van der Waals surface area contributed by atoms with Crippen molar-refractivity contribution in [2.24, 2.45) is 0 Å². The van der Waals surface area contributed by atoms with Gasteiger partial charge < -0.3 is 5.11 Å². The van der Waals surface area contributed by atoms with E-state index in [0.717, 1.165) is 10.9 Å². The summed E-state index contributed by atoms with van der Waals surface area (Å²) in [5.74, 6) is -0.807. The maximum atomic E-state index is 12.8. The maximum Gasteiger partial charge on any atom is 0.174 e. The third kappa shape index (κ3) is 3.31. The first-order valence-corrected chi connectivity index (χ1v) is 7.89. The first-order valence-electron chi connectivity index (χ1n) is 7.02. The van der Waals surface area contributed by atoms with Crippen LogP contribution in [0.3, 0.4) is 0 Å². The summed E-state index contributed by atoms with van der Waals surface area (Å²) in [6.45, 7) is 0. The van der Waals surface area contributed by atoms with Crippen LogP contribution >= 0.6 is 23.2 Å². The molecule has 1 N–H and O–H groups in total. The zero-order chi connectivity index (χ0) is 16.4. The standard InChI is InChI=1S/C18H13Cl2NO2/c19-18(20)16(11-5-7-14(22)8-6-11)17(23)13-9-12-3-1-2-4-15(12)21-10-13/h1-10,16,18,22H. The molecular formula is C18H13Cl2NO2. The van der Waals surface area contributed by atoms with E-state index < -0.39 is 10.8 Å². The average molecular weight is 346 g/mol. The molecule has 23 heavy (non-hydrogen) atoms. The molecule has 0 saturated carbocycles. The van der Waals surface area contributed by atoms with Crippen molar-refractivity contribution in [1.82, 2.24) is 4.98 Å². The average Bonchev–Trinajstić information content (AvgIpc) is 2.56. The molecule has 3 aromatic rings. The molecule has 5 heteroatoms. The highest BCUT2D eigenvalue weighted by Crippen LogP contribution is 2.31. The number of carbonyl (C=O) groups is 1. The Balaban J connectivity index is 2.01. The highest BCUT2D eigenvalue weighted by Gasteiger charge is 2.28. The van der Waals surface area contributed by atoms with Crippen LogP contribution in [0.15, 0.2) is 60.8 Å². The first-order chi connectivity index (χ1) is 11.1. The summed E-state index contributed by atoms with van der Waals surface area (Å²) in [4.78, 5) is 16.2. The summed E-state index contributed by atoms with van der Waals surface area (Å²) in [6, 6.07) is 15.6. The molecule has 3 rings (SSSR count). The molecule has 1 heterocycles. The molecule has 0 amide bonds. The van der Waals surface area contributed by atoms with Gasteiger partial charge in [0.1, 0.15) is 10.6 Å².